The summed E-state index contributed by atoms with van der Waals surface area (Å²) >= 11 is 0. The van der Waals surface area contributed by atoms with Crippen LogP contribution in [0.2, 0.25) is 0 Å². The SMILES string of the molecule is Cc1cccc(C(=O)N(CCC#N)c2ccccc2)c1F. The number of amides is 1. The van der Waals surface area contributed by atoms with Crippen LogP contribution < -0.4 is 4.90 Å². The van der Waals surface area contributed by atoms with Gasteiger partial charge in [0.25, 0.3) is 5.91 Å². The number of halogens is 1. The molecule has 0 aromatic heterocycles. The standard InChI is InChI=1S/C17H15FN2O/c1-13-7-5-10-15(16(13)18)17(21)20(12-6-11-19)14-8-3-2-4-9-14/h2-5,7-10H,6,12H2,1H3. The van der Waals surface area contributed by atoms with Gasteiger partial charge in [-0.2, -0.15) is 5.26 Å². The lowest BCUT2D eigenvalue weighted by atomic mass is 10.1. The number of para-hydroxylation sites is 1. The molecule has 0 aliphatic carbocycles. The molecule has 0 atom stereocenters. The minimum Gasteiger partial charge on any atom is -0.307 e. The van der Waals surface area contributed by atoms with Gasteiger partial charge in [-0.05, 0) is 30.7 Å². The molecule has 0 aliphatic heterocycles. The van der Waals surface area contributed by atoms with Gasteiger partial charge >= 0.3 is 0 Å². The maximum Gasteiger partial charge on any atom is 0.261 e. The molecule has 106 valence electrons. The zero-order valence-corrected chi connectivity index (χ0v) is 11.7. The number of rotatable bonds is 4. The molecule has 0 heterocycles. The minimum atomic E-state index is -0.514. The zero-order valence-electron chi connectivity index (χ0n) is 11.7. The molecular formula is C17H15FN2O. The van der Waals surface area contributed by atoms with Crippen LogP contribution in [-0.4, -0.2) is 12.5 Å². The molecule has 0 saturated carbocycles. The first-order chi connectivity index (χ1) is 10.1. The first-order valence-corrected chi connectivity index (χ1v) is 6.64. The van der Waals surface area contributed by atoms with Gasteiger partial charge < -0.3 is 4.90 Å². The van der Waals surface area contributed by atoms with E-state index in [1.165, 1.54) is 11.0 Å². The summed E-state index contributed by atoms with van der Waals surface area (Å²) in [6, 6.07) is 15.7. The van der Waals surface area contributed by atoms with Crippen molar-refractivity contribution in [3.8, 4) is 6.07 Å². The van der Waals surface area contributed by atoms with Gasteiger partial charge in [0.1, 0.15) is 5.82 Å². The summed E-state index contributed by atoms with van der Waals surface area (Å²) in [5, 5.41) is 8.75. The normalized spacial score (nSPS) is 9.95. The number of nitriles is 1. The number of nitrogens with zero attached hydrogens (tertiary/aromatic N) is 2. The van der Waals surface area contributed by atoms with Crippen LogP contribution in [0.3, 0.4) is 0 Å². The Balaban J connectivity index is 2.39. The molecule has 21 heavy (non-hydrogen) atoms. The van der Waals surface area contributed by atoms with Gasteiger partial charge in [0.2, 0.25) is 0 Å². The summed E-state index contributed by atoms with van der Waals surface area (Å²) in [6.07, 6.45) is 0.189. The Morgan fingerprint density at radius 1 is 1.19 bits per heavy atom. The Morgan fingerprint density at radius 3 is 2.57 bits per heavy atom. The average Bonchev–Trinajstić information content (AvgIpc) is 2.51. The average molecular weight is 282 g/mol. The Bertz CT molecular complexity index is 677. The molecule has 2 rings (SSSR count). The second kappa shape index (κ2) is 6.67. The molecular weight excluding hydrogens is 267 g/mol. The van der Waals surface area contributed by atoms with Crippen LogP contribution in [0.1, 0.15) is 22.3 Å². The monoisotopic (exact) mass is 282 g/mol. The summed E-state index contributed by atoms with van der Waals surface area (Å²) in [6.45, 7) is 1.85. The minimum absolute atomic E-state index is 0.0248. The van der Waals surface area contributed by atoms with Gasteiger partial charge in [0.15, 0.2) is 0 Å². The maximum atomic E-state index is 14.1. The van der Waals surface area contributed by atoms with Crippen LogP contribution in [0, 0.1) is 24.1 Å². The van der Waals surface area contributed by atoms with Gasteiger partial charge in [-0.15, -0.1) is 0 Å². The molecule has 0 bridgehead atoms. The van der Waals surface area contributed by atoms with Crippen molar-refractivity contribution in [2.24, 2.45) is 0 Å². The van der Waals surface area contributed by atoms with E-state index in [1.807, 2.05) is 12.1 Å². The zero-order chi connectivity index (χ0) is 15.2. The molecule has 2 aromatic carbocycles. The fraction of sp³-hybridized carbons (Fsp3) is 0.176. The van der Waals surface area contributed by atoms with E-state index in [2.05, 4.69) is 0 Å². The van der Waals surface area contributed by atoms with E-state index >= 15 is 0 Å². The molecule has 4 heteroatoms. The molecule has 0 spiro atoms. The third-order valence-electron chi connectivity index (χ3n) is 3.18. The van der Waals surface area contributed by atoms with Gasteiger partial charge in [0.05, 0.1) is 18.1 Å². The quantitative estimate of drug-likeness (QED) is 0.858. The van der Waals surface area contributed by atoms with Crippen LogP contribution in [0.25, 0.3) is 0 Å². The molecule has 0 fully saturated rings. The third-order valence-corrected chi connectivity index (χ3v) is 3.18. The smallest absolute Gasteiger partial charge is 0.261 e. The summed E-state index contributed by atoms with van der Waals surface area (Å²) < 4.78 is 14.1. The van der Waals surface area contributed by atoms with Crippen LogP contribution in [0.5, 0.6) is 0 Å². The van der Waals surface area contributed by atoms with Gasteiger partial charge in [-0.3, -0.25) is 4.79 Å². The molecule has 3 nitrogen and oxygen atoms in total. The first kappa shape index (κ1) is 14.7. The van der Waals surface area contributed by atoms with E-state index in [-0.39, 0.29) is 18.5 Å². The van der Waals surface area contributed by atoms with Crippen molar-refractivity contribution in [2.75, 3.05) is 11.4 Å². The Morgan fingerprint density at radius 2 is 1.90 bits per heavy atom. The van der Waals surface area contributed by atoms with Crippen LogP contribution in [-0.2, 0) is 0 Å². The number of anilines is 1. The molecule has 1 amide bonds. The fourth-order valence-corrected chi connectivity index (χ4v) is 2.08. The van der Waals surface area contributed by atoms with Crippen LogP contribution >= 0.6 is 0 Å². The first-order valence-electron chi connectivity index (χ1n) is 6.64. The van der Waals surface area contributed by atoms with E-state index in [4.69, 9.17) is 5.26 Å². The summed E-state index contributed by atoms with van der Waals surface area (Å²) in [4.78, 5) is 14.0. The lowest BCUT2D eigenvalue weighted by Crippen LogP contribution is -2.32. The number of hydrogen-bond donors (Lipinski definition) is 0. The highest BCUT2D eigenvalue weighted by molar-refractivity contribution is 6.06. The predicted molar refractivity (Wildman–Crippen MR) is 79.5 cm³/mol. The van der Waals surface area contributed by atoms with Crippen LogP contribution in [0.15, 0.2) is 48.5 Å². The Hall–Kier alpha value is -2.67. The molecule has 0 aliphatic rings. The lowest BCUT2D eigenvalue weighted by molar-refractivity contribution is 0.0983. The third kappa shape index (κ3) is 3.26. The topological polar surface area (TPSA) is 44.1 Å². The summed E-state index contributed by atoms with van der Waals surface area (Å²) in [5.74, 6) is -0.946. The van der Waals surface area contributed by atoms with Crippen molar-refractivity contribution in [3.63, 3.8) is 0 Å². The van der Waals surface area contributed by atoms with E-state index in [0.29, 0.717) is 11.3 Å². The molecule has 2 aromatic rings. The number of carbonyl (C=O) groups is 1. The van der Waals surface area contributed by atoms with E-state index < -0.39 is 11.7 Å². The van der Waals surface area contributed by atoms with E-state index in [0.717, 1.165) is 0 Å². The predicted octanol–water partition coefficient (Wildman–Crippen LogP) is 3.69. The summed E-state index contributed by atoms with van der Waals surface area (Å²) in [5.41, 5.74) is 1.10. The van der Waals surface area contributed by atoms with Crippen molar-refractivity contribution in [2.45, 2.75) is 13.3 Å². The van der Waals surface area contributed by atoms with Crippen molar-refractivity contribution in [3.05, 3.63) is 65.5 Å². The maximum absolute atomic E-state index is 14.1. The van der Waals surface area contributed by atoms with Crippen molar-refractivity contribution >= 4 is 11.6 Å². The number of benzene rings is 2. The second-order valence-corrected chi connectivity index (χ2v) is 4.64. The number of carbonyl (C=O) groups excluding carboxylic acids is 1. The van der Waals surface area contributed by atoms with Crippen LogP contribution in [0.4, 0.5) is 10.1 Å². The van der Waals surface area contributed by atoms with Gasteiger partial charge in [-0.1, -0.05) is 30.3 Å². The molecule has 0 N–H and O–H groups in total. The number of aryl methyl sites for hydroxylation is 1. The second-order valence-electron chi connectivity index (χ2n) is 4.64. The largest absolute Gasteiger partial charge is 0.307 e. The van der Waals surface area contributed by atoms with E-state index in [9.17, 15) is 9.18 Å². The fourth-order valence-electron chi connectivity index (χ4n) is 2.08. The Labute approximate surface area is 123 Å². The van der Waals surface area contributed by atoms with Crippen molar-refractivity contribution in [1.29, 1.82) is 5.26 Å². The van der Waals surface area contributed by atoms with Gasteiger partial charge in [0, 0.05) is 12.2 Å². The molecule has 0 radical (unpaired) electrons. The van der Waals surface area contributed by atoms with Gasteiger partial charge in [-0.25, -0.2) is 4.39 Å². The number of hydrogen-bond acceptors (Lipinski definition) is 2. The highest BCUT2D eigenvalue weighted by Crippen LogP contribution is 2.20. The van der Waals surface area contributed by atoms with Crippen molar-refractivity contribution < 1.29 is 9.18 Å². The molecule has 0 saturated heterocycles. The van der Waals surface area contributed by atoms with E-state index in [1.54, 1.807) is 43.3 Å². The molecule has 0 unspecified atom stereocenters. The Kier molecular flexibility index (Phi) is 4.68. The van der Waals surface area contributed by atoms with Crippen molar-refractivity contribution in [1.82, 2.24) is 0 Å². The summed E-state index contributed by atoms with van der Waals surface area (Å²) in [7, 11) is 0. The highest BCUT2D eigenvalue weighted by Gasteiger charge is 2.21. The highest BCUT2D eigenvalue weighted by atomic mass is 19.1. The lowest BCUT2D eigenvalue weighted by Gasteiger charge is -2.22.